The van der Waals surface area contributed by atoms with Crippen LogP contribution in [0.4, 0.5) is 0 Å². The summed E-state index contributed by atoms with van der Waals surface area (Å²) in [6.07, 6.45) is 1.61. The van der Waals surface area contributed by atoms with Crippen molar-refractivity contribution in [3.05, 3.63) is 88.2 Å². The molecule has 8 nitrogen and oxygen atoms in total. The molecular formula is C26H23ClN2O6. The molecule has 9 heteroatoms. The number of likely N-dealkylation sites (tertiary alicyclic amines) is 1. The molecule has 3 aromatic rings. The van der Waals surface area contributed by atoms with E-state index in [9.17, 15) is 14.7 Å². The van der Waals surface area contributed by atoms with Gasteiger partial charge in [-0.25, -0.2) is 0 Å². The summed E-state index contributed by atoms with van der Waals surface area (Å²) >= 11 is 6.30. The molecule has 1 aliphatic heterocycles. The SMILES string of the molecule is COc1ccc(C2/C(=C(\O)c3cc(Cl)c(OC)cc3OC)C(=O)C(=O)N2Cc2ccccn2)cc1. The smallest absolute Gasteiger partial charge is 0.296 e. The fourth-order valence-electron chi connectivity index (χ4n) is 4.03. The number of Topliss-reactive ketones (excluding diaryl/α,β-unsaturated/α-hetero) is 1. The molecule has 1 amide bonds. The molecule has 1 fully saturated rings. The van der Waals surface area contributed by atoms with Crippen LogP contribution < -0.4 is 14.2 Å². The van der Waals surface area contributed by atoms with Crippen molar-refractivity contribution in [2.24, 2.45) is 0 Å². The molecule has 1 aromatic heterocycles. The van der Waals surface area contributed by atoms with Gasteiger partial charge in [0.1, 0.15) is 23.0 Å². The molecule has 0 saturated carbocycles. The van der Waals surface area contributed by atoms with E-state index >= 15 is 0 Å². The number of hydrogen-bond donors (Lipinski definition) is 1. The number of rotatable bonds is 7. The zero-order valence-corrected chi connectivity index (χ0v) is 20.1. The number of nitrogens with zero attached hydrogens (tertiary/aromatic N) is 2. The van der Waals surface area contributed by atoms with Crippen molar-refractivity contribution in [3.8, 4) is 17.2 Å². The first kappa shape index (κ1) is 24.1. The molecule has 4 rings (SSSR count). The van der Waals surface area contributed by atoms with Crippen molar-refractivity contribution >= 4 is 29.1 Å². The van der Waals surface area contributed by atoms with E-state index in [1.807, 2.05) is 0 Å². The van der Waals surface area contributed by atoms with Gasteiger partial charge in [0.15, 0.2) is 0 Å². The van der Waals surface area contributed by atoms with Crippen LogP contribution in [0.5, 0.6) is 17.2 Å². The predicted octanol–water partition coefficient (Wildman–Crippen LogP) is 4.38. The maximum atomic E-state index is 13.3. The fraction of sp³-hybridized carbons (Fsp3) is 0.192. The van der Waals surface area contributed by atoms with Gasteiger partial charge in [0.05, 0.1) is 55.8 Å². The summed E-state index contributed by atoms with van der Waals surface area (Å²) in [5.74, 6) is -0.812. The van der Waals surface area contributed by atoms with Crippen LogP contribution >= 0.6 is 11.6 Å². The minimum atomic E-state index is -0.881. The first-order valence-electron chi connectivity index (χ1n) is 10.6. The third-order valence-corrected chi connectivity index (χ3v) is 6.05. The molecule has 180 valence electrons. The van der Waals surface area contributed by atoms with E-state index < -0.39 is 23.5 Å². The van der Waals surface area contributed by atoms with Crippen LogP contribution in [-0.2, 0) is 16.1 Å². The van der Waals surface area contributed by atoms with E-state index in [-0.39, 0.29) is 28.5 Å². The molecule has 1 N–H and O–H groups in total. The van der Waals surface area contributed by atoms with Crippen molar-refractivity contribution < 1.29 is 28.9 Å². The molecule has 0 bridgehead atoms. The third kappa shape index (κ3) is 4.52. The van der Waals surface area contributed by atoms with Gasteiger partial charge >= 0.3 is 0 Å². The molecule has 2 aromatic carbocycles. The van der Waals surface area contributed by atoms with Gasteiger partial charge in [-0.15, -0.1) is 0 Å². The Bertz CT molecular complexity index is 1290. The molecule has 0 spiro atoms. The van der Waals surface area contributed by atoms with Crippen molar-refractivity contribution in [3.63, 3.8) is 0 Å². The molecule has 0 aliphatic carbocycles. The topological polar surface area (TPSA) is 98.2 Å². The lowest BCUT2D eigenvalue weighted by Crippen LogP contribution is -2.29. The molecular weight excluding hydrogens is 472 g/mol. The van der Waals surface area contributed by atoms with Crippen molar-refractivity contribution in [2.45, 2.75) is 12.6 Å². The predicted molar refractivity (Wildman–Crippen MR) is 130 cm³/mol. The summed E-state index contributed by atoms with van der Waals surface area (Å²) in [5.41, 5.74) is 1.28. The molecule has 2 heterocycles. The van der Waals surface area contributed by atoms with E-state index in [0.29, 0.717) is 22.8 Å². The summed E-state index contributed by atoms with van der Waals surface area (Å²) < 4.78 is 15.9. The van der Waals surface area contributed by atoms with E-state index in [1.165, 1.54) is 31.3 Å². The van der Waals surface area contributed by atoms with Gasteiger partial charge in [0, 0.05) is 12.3 Å². The fourth-order valence-corrected chi connectivity index (χ4v) is 4.27. The summed E-state index contributed by atoms with van der Waals surface area (Å²) in [6, 6.07) is 14.3. The quantitative estimate of drug-likeness (QED) is 0.295. The van der Waals surface area contributed by atoms with Gasteiger partial charge < -0.3 is 24.2 Å². The summed E-state index contributed by atoms with van der Waals surface area (Å²) in [5, 5.41) is 11.6. The second-order valence-corrected chi connectivity index (χ2v) is 8.12. The van der Waals surface area contributed by atoms with Gasteiger partial charge in [-0.05, 0) is 35.9 Å². The Morgan fingerprint density at radius 2 is 1.71 bits per heavy atom. The molecule has 1 unspecified atom stereocenters. The Balaban J connectivity index is 1.91. The monoisotopic (exact) mass is 494 g/mol. The largest absolute Gasteiger partial charge is 0.507 e. The number of carbonyl (C=O) groups excluding carboxylic acids is 2. The highest BCUT2D eigenvalue weighted by Crippen LogP contribution is 2.43. The van der Waals surface area contributed by atoms with E-state index in [1.54, 1.807) is 55.8 Å². The van der Waals surface area contributed by atoms with Crippen LogP contribution in [0.3, 0.4) is 0 Å². The van der Waals surface area contributed by atoms with Crippen LogP contribution in [0.25, 0.3) is 5.76 Å². The van der Waals surface area contributed by atoms with Crippen LogP contribution in [0, 0.1) is 0 Å². The number of halogens is 1. The number of hydrogen-bond acceptors (Lipinski definition) is 7. The summed E-state index contributed by atoms with van der Waals surface area (Å²) in [7, 11) is 4.41. The molecule has 0 radical (unpaired) electrons. The number of ether oxygens (including phenoxy) is 3. The van der Waals surface area contributed by atoms with Gasteiger partial charge in [0.25, 0.3) is 11.7 Å². The van der Waals surface area contributed by atoms with Crippen LogP contribution in [0.2, 0.25) is 5.02 Å². The first-order chi connectivity index (χ1) is 16.9. The highest BCUT2D eigenvalue weighted by molar-refractivity contribution is 6.46. The number of aliphatic hydroxyl groups excluding tert-OH is 1. The Kier molecular flexibility index (Phi) is 6.93. The third-order valence-electron chi connectivity index (χ3n) is 5.76. The minimum Gasteiger partial charge on any atom is -0.507 e. The number of methoxy groups -OCH3 is 3. The van der Waals surface area contributed by atoms with Crippen molar-refractivity contribution in [1.29, 1.82) is 0 Å². The number of aliphatic hydroxyl groups is 1. The van der Waals surface area contributed by atoms with Crippen molar-refractivity contribution in [2.75, 3.05) is 21.3 Å². The van der Waals surface area contributed by atoms with Gasteiger partial charge in [-0.3, -0.25) is 14.6 Å². The van der Waals surface area contributed by atoms with Crippen LogP contribution in [-0.4, -0.2) is 48.0 Å². The second-order valence-electron chi connectivity index (χ2n) is 7.71. The lowest BCUT2D eigenvalue weighted by atomic mass is 9.94. The Morgan fingerprint density at radius 3 is 2.31 bits per heavy atom. The Hall–Kier alpha value is -4.04. The number of aromatic nitrogens is 1. The zero-order valence-electron chi connectivity index (χ0n) is 19.3. The van der Waals surface area contributed by atoms with E-state index in [4.69, 9.17) is 25.8 Å². The normalized spacial score (nSPS) is 16.9. The van der Waals surface area contributed by atoms with E-state index in [0.717, 1.165) is 0 Å². The standard InChI is InChI=1S/C26H23ClN2O6/c1-33-17-9-7-15(8-10-17)23-22(24(30)18-12-19(27)21(35-3)13-20(18)34-2)25(31)26(32)29(23)14-16-6-4-5-11-28-16/h4-13,23,30H,14H2,1-3H3/b24-22+. The van der Waals surface area contributed by atoms with E-state index in [2.05, 4.69) is 4.98 Å². The van der Waals surface area contributed by atoms with Gasteiger partial charge in [-0.2, -0.15) is 0 Å². The van der Waals surface area contributed by atoms with Gasteiger partial charge in [0.2, 0.25) is 0 Å². The lowest BCUT2D eigenvalue weighted by molar-refractivity contribution is -0.140. The zero-order chi connectivity index (χ0) is 25.1. The van der Waals surface area contributed by atoms with Gasteiger partial charge in [-0.1, -0.05) is 29.8 Å². The summed E-state index contributed by atoms with van der Waals surface area (Å²) in [6.45, 7) is 0.0688. The minimum absolute atomic E-state index is 0.0688. The molecule has 1 saturated heterocycles. The number of ketones is 1. The average Bonchev–Trinajstić information content (AvgIpc) is 3.13. The number of benzene rings is 2. The van der Waals surface area contributed by atoms with Crippen LogP contribution in [0.15, 0.2) is 66.4 Å². The highest BCUT2D eigenvalue weighted by Gasteiger charge is 2.46. The number of pyridine rings is 1. The lowest BCUT2D eigenvalue weighted by Gasteiger charge is -2.25. The molecule has 1 aliphatic rings. The maximum Gasteiger partial charge on any atom is 0.296 e. The number of amides is 1. The Morgan fingerprint density at radius 1 is 1.00 bits per heavy atom. The highest BCUT2D eigenvalue weighted by atomic mass is 35.5. The van der Waals surface area contributed by atoms with Crippen molar-refractivity contribution in [1.82, 2.24) is 9.88 Å². The maximum absolute atomic E-state index is 13.3. The average molecular weight is 495 g/mol. The number of carbonyl (C=O) groups is 2. The first-order valence-corrected chi connectivity index (χ1v) is 11.0. The van der Waals surface area contributed by atoms with Crippen LogP contribution in [0.1, 0.15) is 22.9 Å². The Labute approximate surface area is 207 Å². The summed E-state index contributed by atoms with van der Waals surface area (Å²) in [4.78, 5) is 32.1. The molecule has 1 atom stereocenters. The second kappa shape index (κ2) is 10.1. The molecule has 35 heavy (non-hydrogen) atoms.